The molecule has 0 aliphatic rings. The molecule has 0 saturated carbocycles. The maximum Gasteiger partial charge on any atom is 0.235 e. The van der Waals surface area contributed by atoms with Gasteiger partial charge < -0.3 is 23.9 Å². The van der Waals surface area contributed by atoms with Crippen LogP contribution in [0.15, 0.2) is 48.5 Å². The van der Waals surface area contributed by atoms with E-state index in [9.17, 15) is 0 Å². The van der Waals surface area contributed by atoms with Gasteiger partial charge in [0.25, 0.3) is 0 Å². The minimum absolute atomic E-state index is 0.609. The van der Waals surface area contributed by atoms with Crippen LogP contribution in [-0.4, -0.2) is 33.4 Å². The van der Waals surface area contributed by atoms with Gasteiger partial charge in [-0.2, -0.15) is 0 Å². The Kier molecular flexibility index (Phi) is 3.91. The van der Waals surface area contributed by atoms with Crippen LogP contribution in [0.5, 0.6) is 23.1 Å². The average molecular weight is 387 g/mol. The van der Waals surface area contributed by atoms with Crippen LogP contribution in [0.2, 0.25) is 0 Å². The van der Waals surface area contributed by atoms with E-state index in [-0.39, 0.29) is 0 Å². The largest absolute Gasteiger partial charge is 0.492 e. The van der Waals surface area contributed by atoms with E-state index in [1.165, 1.54) is 0 Å². The highest BCUT2D eigenvalue weighted by molar-refractivity contribution is 6.25. The summed E-state index contributed by atoms with van der Waals surface area (Å²) in [5, 5.41) is 7.41. The molecule has 0 unspecified atom stereocenters. The van der Waals surface area contributed by atoms with Crippen LogP contribution in [0, 0.1) is 0 Å². The summed E-state index contributed by atoms with van der Waals surface area (Å²) in [7, 11) is 6.64. The smallest absolute Gasteiger partial charge is 0.235 e. The van der Waals surface area contributed by atoms with Gasteiger partial charge in [-0.3, -0.25) is 0 Å². The summed E-state index contributed by atoms with van der Waals surface area (Å²) >= 11 is 0. The number of benzene rings is 4. The quantitative estimate of drug-likeness (QED) is 0.404. The normalized spacial score (nSPS) is 11.4. The SMILES string of the molecule is COc1[nH]c2c(ccc3c2ccc2c4ccccc4c(OC)c(OC)c23)c1OC. The summed E-state index contributed by atoms with van der Waals surface area (Å²) in [4.78, 5) is 3.36. The molecule has 0 aliphatic heterocycles. The Hall–Kier alpha value is -3.60. The predicted octanol–water partition coefficient (Wildman–Crippen LogP) is 5.66. The fraction of sp³-hybridized carbons (Fsp3) is 0.167. The molecule has 0 saturated heterocycles. The summed E-state index contributed by atoms with van der Waals surface area (Å²) in [6.07, 6.45) is 0. The van der Waals surface area contributed by atoms with Crippen LogP contribution in [0.25, 0.3) is 43.2 Å². The summed E-state index contributed by atoms with van der Waals surface area (Å²) in [6.45, 7) is 0. The van der Waals surface area contributed by atoms with Crippen molar-refractivity contribution in [3.63, 3.8) is 0 Å². The molecule has 5 rings (SSSR count). The number of fused-ring (bicyclic) bond motifs is 7. The second kappa shape index (κ2) is 6.48. The van der Waals surface area contributed by atoms with E-state index in [0.29, 0.717) is 11.6 Å². The van der Waals surface area contributed by atoms with E-state index in [1.807, 2.05) is 12.1 Å². The topological polar surface area (TPSA) is 52.7 Å². The summed E-state index contributed by atoms with van der Waals surface area (Å²) in [6, 6.07) is 16.7. The molecular formula is C24H21NO4. The molecule has 0 radical (unpaired) electrons. The molecule has 5 nitrogen and oxygen atoms in total. The molecule has 0 amide bonds. The van der Waals surface area contributed by atoms with Gasteiger partial charge in [-0.05, 0) is 22.2 Å². The Labute approximate surface area is 167 Å². The molecule has 0 atom stereocenters. The zero-order valence-electron chi connectivity index (χ0n) is 16.8. The van der Waals surface area contributed by atoms with Crippen molar-refractivity contribution in [2.45, 2.75) is 0 Å². The van der Waals surface area contributed by atoms with Gasteiger partial charge in [-0.25, -0.2) is 0 Å². The molecule has 5 heteroatoms. The third kappa shape index (κ3) is 2.27. The fourth-order valence-electron chi connectivity index (χ4n) is 4.39. The first-order valence-corrected chi connectivity index (χ1v) is 9.35. The van der Waals surface area contributed by atoms with Crippen LogP contribution in [0.4, 0.5) is 0 Å². The molecule has 4 aromatic carbocycles. The van der Waals surface area contributed by atoms with Crippen molar-refractivity contribution < 1.29 is 18.9 Å². The first-order valence-electron chi connectivity index (χ1n) is 9.35. The number of hydrogen-bond donors (Lipinski definition) is 1. The molecule has 0 fully saturated rings. The summed E-state index contributed by atoms with van der Waals surface area (Å²) in [5.41, 5.74) is 0.965. The molecule has 146 valence electrons. The lowest BCUT2D eigenvalue weighted by atomic mass is 9.94. The van der Waals surface area contributed by atoms with E-state index in [0.717, 1.165) is 54.7 Å². The van der Waals surface area contributed by atoms with Crippen molar-refractivity contribution >= 4 is 43.2 Å². The molecule has 0 aliphatic carbocycles. The van der Waals surface area contributed by atoms with Gasteiger partial charge in [0.15, 0.2) is 17.2 Å². The zero-order valence-corrected chi connectivity index (χ0v) is 16.8. The zero-order chi connectivity index (χ0) is 20.1. The Morgan fingerprint density at radius 3 is 1.76 bits per heavy atom. The monoisotopic (exact) mass is 387 g/mol. The maximum atomic E-state index is 5.86. The maximum absolute atomic E-state index is 5.86. The van der Waals surface area contributed by atoms with Gasteiger partial charge >= 0.3 is 0 Å². The lowest BCUT2D eigenvalue weighted by molar-refractivity contribution is 0.351. The lowest BCUT2D eigenvalue weighted by Crippen LogP contribution is -1.94. The van der Waals surface area contributed by atoms with Crippen molar-refractivity contribution in [1.29, 1.82) is 0 Å². The third-order valence-corrected chi connectivity index (χ3v) is 5.60. The van der Waals surface area contributed by atoms with E-state index in [1.54, 1.807) is 28.4 Å². The van der Waals surface area contributed by atoms with Crippen molar-refractivity contribution in [1.82, 2.24) is 4.98 Å². The predicted molar refractivity (Wildman–Crippen MR) is 117 cm³/mol. The molecular weight excluding hydrogens is 366 g/mol. The Morgan fingerprint density at radius 2 is 1.10 bits per heavy atom. The Morgan fingerprint density at radius 1 is 0.517 bits per heavy atom. The Balaban J connectivity index is 2.03. The highest BCUT2D eigenvalue weighted by atomic mass is 16.5. The van der Waals surface area contributed by atoms with Crippen LogP contribution >= 0.6 is 0 Å². The molecule has 0 spiro atoms. The van der Waals surface area contributed by atoms with E-state index >= 15 is 0 Å². The first kappa shape index (κ1) is 17.5. The highest BCUT2D eigenvalue weighted by Crippen LogP contribution is 2.48. The van der Waals surface area contributed by atoms with Crippen LogP contribution in [-0.2, 0) is 0 Å². The number of aromatic amines is 1. The Bertz CT molecular complexity index is 1400. The third-order valence-electron chi connectivity index (χ3n) is 5.60. The molecule has 1 aromatic heterocycles. The standard InChI is InChI=1S/C24H21NO4/c1-26-21-17-8-6-5-7-13(17)14-9-11-16-15(19(14)23(21)28-3)10-12-18-20(16)25-24(29-4)22(18)27-2/h5-12,25H,1-4H3. The summed E-state index contributed by atoms with van der Waals surface area (Å²) in [5.74, 6) is 2.78. The summed E-state index contributed by atoms with van der Waals surface area (Å²) < 4.78 is 22.7. The molecule has 29 heavy (non-hydrogen) atoms. The number of H-pyrrole nitrogens is 1. The van der Waals surface area contributed by atoms with Gasteiger partial charge in [0.1, 0.15) is 0 Å². The second-order valence-corrected chi connectivity index (χ2v) is 6.87. The van der Waals surface area contributed by atoms with Crippen LogP contribution in [0.1, 0.15) is 0 Å². The van der Waals surface area contributed by atoms with Crippen LogP contribution in [0.3, 0.4) is 0 Å². The molecule has 1 N–H and O–H groups in total. The minimum Gasteiger partial charge on any atom is -0.492 e. The minimum atomic E-state index is 0.609. The number of hydrogen-bond acceptors (Lipinski definition) is 4. The average Bonchev–Trinajstić information content (AvgIpc) is 3.15. The van der Waals surface area contributed by atoms with Crippen molar-refractivity contribution in [2.75, 3.05) is 28.4 Å². The second-order valence-electron chi connectivity index (χ2n) is 6.87. The number of nitrogens with one attached hydrogen (secondary N) is 1. The van der Waals surface area contributed by atoms with Gasteiger partial charge in [-0.15, -0.1) is 0 Å². The van der Waals surface area contributed by atoms with Crippen molar-refractivity contribution in [3.05, 3.63) is 48.5 Å². The van der Waals surface area contributed by atoms with Crippen LogP contribution < -0.4 is 18.9 Å². The van der Waals surface area contributed by atoms with Gasteiger partial charge in [0, 0.05) is 21.5 Å². The van der Waals surface area contributed by atoms with Crippen molar-refractivity contribution in [2.24, 2.45) is 0 Å². The number of aromatic nitrogens is 1. The molecule has 1 heterocycles. The molecule has 5 aromatic rings. The number of methoxy groups -OCH3 is 4. The molecule has 0 bridgehead atoms. The fourth-order valence-corrected chi connectivity index (χ4v) is 4.39. The lowest BCUT2D eigenvalue weighted by Gasteiger charge is -2.17. The number of ether oxygens (including phenoxy) is 4. The van der Waals surface area contributed by atoms with Crippen molar-refractivity contribution in [3.8, 4) is 23.1 Å². The van der Waals surface area contributed by atoms with Gasteiger partial charge in [0.2, 0.25) is 5.88 Å². The van der Waals surface area contributed by atoms with Gasteiger partial charge in [0.05, 0.1) is 34.0 Å². The van der Waals surface area contributed by atoms with E-state index in [4.69, 9.17) is 18.9 Å². The highest BCUT2D eigenvalue weighted by Gasteiger charge is 2.20. The van der Waals surface area contributed by atoms with E-state index in [2.05, 4.69) is 41.4 Å². The first-order chi connectivity index (χ1) is 14.2. The van der Waals surface area contributed by atoms with E-state index < -0.39 is 0 Å². The van der Waals surface area contributed by atoms with Gasteiger partial charge in [-0.1, -0.05) is 42.5 Å². The number of rotatable bonds is 4.